The molecule has 0 atom stereocenters. The average molecular weight is 280 g/mol. The molecule has 1 aliphatic heterocycles. The molecule has 0 spiro atoms. The second-order valence-electron chi connectivity index (χ2n) is 5.23. The van der Waals surface area contributed by atoms with Crippen LogP contribution in [0.5, 0.6) is 0 Å². The molecule has 0 aromatic heterocycles. The van der Waals surface area contributed by atoms with E-state index in [9.17, 15) is 4.79 Å². The van der Waals surface area contributed by atoms with E-state index in [1.807, 2.05) is 29.2 Å². The van der Waals surface area contributed by atoms with E-state index in [0.717, 1.165) is 49.6 Å². The molecule has 2 fully saturated rings. The number of hydrogen-bond acceptors (Lipinski definition) is 2. The van der Waals surface area contributed by atoms with E-state index < -0.39 is 0 Å². The molecule has 1 aromatic rings. The SMILES string of the molecule is O=C(NC1(c2ccccc2Cl)CC1)N1CCNCC1. The lowest BCUT2D eigenvalue weighted by Crippen LogP contribution is -2.52. The van der Waals surface area contributed by atoms with Gasteiger partial charge in [-0.3, -0.25) is 0 Å². The summed E-state index contributed by atoms with van der Waals surface area (Å²) in [6, 6.07) is 7.80. The number of hydrogen-bond donors (Lipinski definition) is 2. The van der Waals surface area contributed by atoms with Gasteiger partial charge in [-0.25, -0.2) is 4.79 Å². The summed E-state index contributed by atoms with van der Waals surface area (Å²) in [6.07, 6.45) is 1.93. The number of carbonyl (C=O) groups is 1. The third-order valence-electron chi connectivity index (χ3n) is 3.89. The van der Waals surface area contributed by atoms with Gasteiger partial charge < -0.3 is 15.5 Å². The molecule has 0 radical (unpaired) electrons. The summed E-state index contributed by atoms with van der Waals surface area (Å²) in [5.74, 6) is 0. The van der Waals surface area contributed by atoms with E-state index in [1.165, 1.54) is 0 Å². The molecule has 1 aromatic carbocycles. The van der Waals surface area contributed by atoms with Crippen LogP contribution in [-0.2, 0) is 5.54 Å². The van der Waals surface area contributed by atoms with Crippen LogP contribution in [0.3, 0.4) is 0 Å². The second-order valence-corrected chi connectivity index (χ2v) is 5.64. The van der Waals surface area contributed by atoms with Gasteiger partial charge in [0.1, 0.15) is 0 Å². The Morgan fingerprint density at radius 1 is 1.26 bits per heavy atom. The zero-order chi connectivity index (χ0) is 13.3. The lowest BCUT2D eigenvalue weighted by Gasteiger charge is -2.30. The highest BCUT2D eigenvalue weighted by atomic mass is 35.5. The van der Waals surface area contributed by atoms with Crippen molar-refractivity contribution in [2.24, 2.45) is 0 Å². The van der Waals surface area contributed by atoms with Crippen LogP contribution in [0.1, 0.15) is 18.4 Å². The summed E-state index contributed by atoms with van der Waals surface area (Å²) in [5.41, 5.74) is 0.806. The predicted molar refractivity (Wildman–Crippen MR) is 75.3 cm³/mol. The minimum Gasteiger partial charge on any atom is -0.328 e. The molecular formula is C14H18ClN3O. The monoisotopic (exact) mass is 279 g/mol. The number of urea groups is 1. The Hall–Kier alpha value is -1.26. The molecule has 2 aliphatic rings. The lowest BCUT2D eigenvalue weighted by atomic mass is 10.1. The number of piperazine rings is 1. The van der Waals surface area contributed by atoms with Crippen molar-refractivity contribution in [1.82, 2.24) is 15.5 Å². The molecule has 1 saturated carbocycles. The summed E-state index contributed by atoms with van der Waals surface area (Å²) in [4.78, 5) is 14.2. The fourth-order valence-electron chi connectivity index (χ4n) is 2.59. The topological polar surface area (TPSA) is 44.4 Å². The first-order valence-corrected chi connectivity index (χ1v) is 7.12. The number of halogens is 1. The van der Waals surface area contributed by atoms with E-state index in [2.05, 4.69) is 10.6 Å². The van der Waals surface area contributed by atoms with Crippen molar-refractivity contribution in [3.63, 3.8) is 0 Å². The highest BCUT2D eigenvalue weighted by molar-refractivity contribution is 6.31. The van der Waals surface area contributed by atoms with Gasteiger partial charge in [-0.1, -0.05) is 29.8 Å². The Bertz CT molecular complexity index is 481. The first kappa shape index (κ1) is 12.8. The molecule has 1 saturated heterocycles. The fourth-order valence-corrected chi connectivity index (χ4v) is 2.90. The van der Waals surface area contributed by atoms with E-state index in [0.29, 0.717) is 0 Å². The van der Waals surface area contributed by atoms with Crippen LogP contribution in [0, 0.1) is 0 Å². The van der Waals surface area contributed by atoms with Gasteiger partial charge in [0.2, 0.25) is 0 Å². The number of nitrogens with one attached hydrogen (secondary N) is 2. The van der Waals surface area contributed by atoms with Crippen molar-refractivity contribution in [2.75, 3.05) is 26.2 Å². The summed E-state index contributed by atoms with van der Waals surface area (Å²) < 4.78 is 0. The van der Waals surface area contributed by atoms with E-state index in [1.54, 1.807) is 0 Å². The molecule has 1 heterocycles. The molecule has 0 unspecified atom stereocenters. The number of amides is 2. The smallest absolute Gasteiger partial charge is 0.318 e. The van der Waals surface area contributed by atoms with Crippen LogP contribution in [-0.4, -0.2) is 37.1 Å². The Kier molecular flexibility index (Phi) is 3.37. The molecule has 5 heteroatoms. The quantitative estimate of drug-likeness (QED) is 0.869. The van der Waals surface area contributed by atoms with Crippen LogP contribution in [0.2, 0.25) is 5.02 Å². The highest BCUT2D eigenvalue weighted by Crippen LogP contribution is 2.48. The summed E-state index contributed by atoms with van der Waals surface area (Å²) >= 11 is 6.24. The van der Waals surface area contributed by atoms with Crippen molar-refractivity contribution >= 4 is 17.6 Å². The van der Waals surface area contributed by atoms with Crippen molar-refractivity contribution in [2.45, 2.75) is 18.4 Å². The molecule has 3 rings (SSSR count). The third-order valence-corrected chi connectivity index (χ3v) is 4.22. The number of carbonyl (C=O) groups excluding carboxylic acids is 1. The standard InChI is InChI=1S/C14H18ClN3O/c15-12-4-2-1-3-11(12)14(5-6-14)17-13(19)18-9-7-16-8-10-18/h1-4,16H,5-10H2,(H,17,19). The highest BCUT2D eigenvalue weighted by Gasteiger charge is 2.47. The lowest BCUT2D eigenvalue weighted by molar-refractivity contribution is 0.185. The Morgan fingerprint density at radius 2 is 1.95 bits per heavy atom. The van der Waals surface area contributed by atoms with Gasteiger partial charge in [-0.2, -0.15) is 0 Å². The maximum absolute atomic E-state index is 12.3. The van der Waals surface area contributed by atoms with E-state index in [-0.39, 0.29) is 11.6 Å². The molecule has 2 amide bonds. The van der Waals surface area contributed by atoms with Crippen LogP contribution in [0.15, 0.2) is 24.3 Å². The minimum absolute atomic E-state index is 0.0268. The number of benzene rings is 1. The number of nitrogens with zero attached hydrogens (tertiary/aromatic N) is 1. The maximum Gasteiger partial charge on any atom is 0.318 e. The van der Waals surface area contributed by atoms with Crippen molar-refractivity contribution in [3.05, 3.63) is 34.9 Å². The Labute approximate surface area is 118 Å². The largest absolute Gasteiger partial charge is 0.328 e. The normalized spacial score (nSPS) is 21.0. The zero-order valence-corrected chi connectivity index (χ0v) is 11.5. The first-order chi connectivity index (χ1) is 9.21. The average Bonchev–Trinajstić information content (AvgIpc) is 3.21. The maximum atomic E-state index is 12.3. The molecule has 19 heavy (non-hydrogen) atoms. The minimum atomic E-state index is -0.236. The number of rotatable bonds is 2. The summed E-state index contributed by atoms with van der Waals surface area (Å²) in [6.45, 7) is 3.27. The Morgan fingerprint density at radius 3 is 2.58 bits per heavy atom. The van der Waals surface area contributed by atoms with Crippen LogP contribution in [0.4, 0.5) is 4.79 Å². The van der Waals surface area contributed by atoms with Gasteiger partial charge in [0.05, 0.1) is 5.54 Å². The van der Waals surface area contributed by atoms with Crippen LogP contribution in [0.25, 0.3) is 0 Å². The van der Waals surface area contributed by atoms with Gasteiger partial charge >= 0.3 is 6.03 Å². The molecular weight excluding hydrogens is 262 g/mol. The Balaban J connectivity index is 1.72. The second kappa shape index (κ2) is 5.02. The van der Waals surface area contributed by atoms with Gasteiger partial charge in [-0.05, 0) is 24.5 Å². The molecule has 102 valence electrons. The molecule has 0 bridgehead atoms. The van der Waals surface area contributed by atoms with Gasteiger partial charge in [0, 0.05) is 31.2 Å². The molecule has 2 N–H and O–H groups in total. The summed E-state index contributed by atoms with van der Waals surface area (Å²) in [5, 5.41) is 7.15. The van der Waals surface area contributed by atoms with Gasteiger partial charge in [-0.15, -0.1) is 0 Å². The van der Waals surface area contributed by atoms with E-state index in [4.69, 9.17) is 11.6 Å². The van der Waals surface area contributed by atoms with Crippen LogP contribution < -0.4 is 10.6 Å². The zero-order valence-electron chi connectivity index (χ0n) is 10.8. The van der Waals surface area contributed by atoms with Gasteiger partial charge in [0.15, 0.2) is 0 Å². The third kappa shape index (κ3) is 2.55. The van der Waals surface area contributed by atoms with Crippen molar-refractivity contribution in [1.29, 1.82) is 0 Å². The fraction of sp³-hybridized carbons (Fsp3) is 0.500. The molecule has 4 nitrogen and oxygen atoms in total. The molecule has 1 aliphatic carbocycles. The summed E-state index contributed by atoms with van der Waals surface area (Å²) in [7, 11) is 0. The van der Waals surface area contributed by atoms with Crippen molar-refractivity contribution in [3.8, 4) is 0 Å². The first-order valence-electron chi connectivity index (χ1n) is 6.74. The van der Waals surface area contributed by atoms with Gasteiger partial charge in [0.25, 0.3) is 0 Å². The van der Waals surface area contributed by atoms with E-state index >= 15 is 0 Å². The van der Waals surface area contributed by atoms with Crippen molar-refractivity contribution < 1.29 is 4.79 Å². The predicted octanol–water partition coefficient (Wildman–Crippen LogP) is 1.94. The van der Waals surface area contributed by atoms with Crippen LogP contribution >= 0.6 is 11.6 Å².